The largest absolute Gasteiger partial charge is 0.280 e. The lowest BCUT2D eigenvalue weighted by molar-refractivity contribution is 0.108. The van der Waals surface area contributed by atoms with E-state index in [1.165, 1.54) is 11.8 Å². The Balaban J connectivity index is 2.97. The molecule has 0 unspecified atom stereocenters. The Morgan fingerprint density at radius 2 is 2.27 bits per heavy atom. The minimum atomic E-state index is 0.0231. The van der Waals surface area contributed by atoms with E-state index in [9.17, 15) is 4.79 Å². The van der Waals surface area contributed by atoms with Gasteiger partial charge in [0.2, 0.25) is 5.12 Å². The molecule has 0 spiro atoms. The molecule has 0 aliphatic carbocycles. The summed E-state index contributed by atoms with van der Waals surface area (Å²) in [5.74, 6) is 1.01. The van der Waals surface area contributed by atoms with Gasteiger partial charge in [-0.2, -0.15) is 0 Å². The summed E-state index contributed by atoms with van der Waals surface area (Å²) in [6, 6.07) is 3.82. The predicted octanol–water partition coefficient (Wildman–Crippen LogP) is 3.85. The van der Waals surface area contributed by atoms with Gasteiger partial charge in [0.1, 0.15) is 10.3 Å². The highest BCUT2D eigenvalue weighted by Gasteiger charge is 2.12. The van der Waals surface area contributed by atoms with Gasteiger partial charge in [-0.3, -0.25) is 4.79 Å². The van der Waals surface area contributed by atoms with Crippen LogP contribution in [0.25, 0.3) is 0 Å². The molecule has 1 aromatic rings. The van der Waals surface area contributed by atoms with Gasteiger partial charge in [0.25, 0.3) is 0 Å². The molecule has 1 aromatic heterocycles. The van der Waals surface area contributed by atoms with E-state index in [0.29, 0.717) is 10.3 Å². The minimum absolute atomic E-state index is 0.0231. The zero-order valence-electron chi connectivity index (χ0n) is 8.62. The molecule has 0 radical (unpaired) electrons. The van der Waals surface area contributed by atoms with Gasteiger partial charge >= 0.3 is 0 Å². The van der Waals surface area contributed by atoms with Crippen LogP contribution < -0.4 is 0 Å². The molecule has 0 aromatic carbocycles. The van der Waals surface area contributed by atoms with Crippen LogP contribution in [-0.2, 0) is 0 Å². The average Bonchev–Trinajstić information content (AvgIpc) is 2.26. The van der Waals surface area contributed by atoms with Crippen LogP contribution in [-0.4, -0.2) is 22.1 Å². The van der Waals surface area contributed by atoms with Gasteiger partial charge in [-0.1, -0.05) is 18.7 Å². The highest BCUT2D eigenvalue weighted by Crippen LogP contribution is 2.26. The van der Waals surface area contributed by atoms with Gasteiger partial charge in [-0.05, 0) is 46.5 Å². The zero-order valence-corrected chi connectivity index (χ0v) is 11.8. The molecule has 0 aliphatic rings. The molecule has 2 nitrogen and oxygen atoms in total. The maximum Gasteiger partial charge on any atom is 0.238 e. The van der Waals surface area contributed by atoms with Crippen LogP contribution in [0.15, 0.2) is 21.6 Å². The summed E-state index contributed by atoms with van der Waals surface area (Å²) >= 11 is 6.16. The maximum absolute atomic E-state index is 11.6. The quantitative estimate of drug-likeness (QED) is 0.624. The fraction of sp³-hybridized carbons (Fsp3) is 0.400. The van der Waals surface area contributed by atoms with Crippen LogP contribution >= 0.6 is 39.5 Å². The molecule has 0 atom stereocenters. The molecule has 1 heterocycles. The molecule has 0 aliphatic heterocycles. The van der Waals surface area contributed by atoms with Crippen molar-refractivity contribution in [2.45, 2.75) is 18.2 Å². The number of carbonyl (C=O) groups is 1. The lowest BCUT2D eigenvalue weighted by Crippen LogP contribution is -2.00. The molecule has 0 fully saturated rings. The second-order valence-electron chi connectivity index (χ2n) is 2.82. The molecule has 0 bridgehead atoms. The Bertz CT molecular complexity index is 357. The maximum atomic E-state index is 11.6. The first-order valence-electron chi connectivity index (χ1n) is 4.56. The summed E-state index contributed by atoms with van der Waals surface area (Å²) in [6.45, 7) is 2.12. The van der Waals surface area contributed by atoms with Crippen molar-refractivity contribution >= 4 is 44.6 Å². The standard InChI is InChI=1S/C10H12BrNOS2/c1-3-6-15-7-4-5-8(11)12-9(7)10(13)14-2/h4-5H,3,6H2,1-2H3. The number of halogens is 1. The number of pyridine rings is 1. The van der Waals surface area contributed by atoms with Gasteiger partial charge in [-0.15, -0.1) is 11.8 Å². The van der Waals surface area contributed by atoms with Crippen molar-refractivity contribution in [1.29, 1.82) is 0 Å². The van der Waals surface area contributed by atoms with Crippen LogP contribution in [0.1, 0.15) is 23.8 Å². The third kappa shape index (κ3) is 3.81. The fourth-order valence-corrected chi connectivity index (χ4v) is 2.58. The highest BCUT2D eigenvalue weighted by atomic mass is 79.9. The first-order valence-corrected chi connectivity index (χ1v) is 7.57. The van der Waals surface area contributed by atoms with E-state index in [1.807, 2.05) is 12.1 Å². The second kappa shape index (κ2) is 6.55. The molecule has 0 saturated heterocycles. The molecule has 0 saturated carbocycles. The summed E-state index contributed by atoms with van der Waals surface area (Å²) in [5.41, 5.74) is 0.565. The van der Waals surface area contributed by atoms with Crippen LogP contribution in [0.2, 0.25) is 0 Å². The number of hydrogen-bond donors (Lipinski definition) is 0. The monoisotopic (exact) mass is 305 g/mol. The van der Waals surface area contributed by atoms with E-state index in [1.54, 1.807) is 18.0 Å². The Morgan fingerprint density at radius 3 is 2.87 bits per heavy atom. The molecule has 1 rings (SSSR count). The number of aromatic nitrogens is 1. The zero-order chi connectivity index (χ0) is 11.3. The normalized spacial score (nSPS) is 10.3. The predicted molar refractivity (Wildman–Crippen MR) is 70.8 cm³/mol. The Kier molecular flexibility index (Phi) is 5.71. The van der Waals surface area contributed by atoms with E-state index in [2.05, 4.69) is 27.8 Å². The number of hydrogen-bond acceptors (Lipinski definition) is 4. The number of nitrogens with zero attached hydrogens (tertiary/aromatic N) is 1. The summed E-state index contributed by atoms with van der Waals surface area (Å²) < 4.78 is 0.709. The van der Waals surface area contributed by atoms with Gasteiger partial charge in [-0.25, -0.2) is 4.98 Å². The first kappa shape index (κ1) is 13.1. The molecule has 0 N–H and O–H groups in total. The van der Waals surface area contributed by atoms with Crippen molar-refractivity contribution in [3.63, 3.8) is 0 Å². The number of carbonyl (C=O) groups excluding carboxylic acids is 1. The average molecular weight is 306 g/mol. The molecule has 5 heteroatoms. The van der Waals surface area contributed by atoms with Crippen LogP contribution in [0.3, 0.4) is 0 Å². The third-order valence-corrected chi connectivity index (χ3v) is 3.92. The van der Waals surface area contributed by atoms with Gasteiger partial charge in [0, 0.05) is 4.90 Å². The summed E-state index contributed by atoms with van der Waals surface area (Å²) in [7, 11) is 0. The van der Waals surface area contributed by atoms with Crippen molar-refractivity contribution in [2.24, 2.45) is 0 Å². The Hall–Kier alpha value is -0.000000000000000111. The van der Waals surface area contributed by atoms with E-state index >= 15 is 0 Å². The van der Waals surface area contributed by atoms with Crippen LogP contribution in [0.5, 0.6) is 0 Å². The van der Waals surface area contributed by atoms with Gasteiger partial charge in [0.15, 0.2) is 0 Å². The second-order valence-corrected chi connectivity index (χ2v) is 5.55. The molecular weight excluding hydrogens is 294 g/mol. The van der Waals surface area contributed by atoms with Gasteiger partial charge < -0.3 is 0 Å². The molecular formula is C10H12BrNOS2. The smallest absolute Gasteiger partial charge is 0.238 e. The van der Waals surface area contributed by atoms with E-state index in [-0.39, 0.29) is 5.12 Å². The highest BCUT2D eigenvalue weighted by molar-refractivity contribution is 9.10. The Morgan fingerprint density at radius 1 is 1.53 bits per heavy atom. The lowest BCUT2D eigenvalue weighted by atomic mass is 10.4. The molecule has 15 heavy (non-hydrogen) atoms. The molecule has 0 amide bonds. The van der Waals surface area contributed by atoms with E-state index < -0.39 is 0 Å². The van der Waals surface area contributed by atoms with E-state index in [0.717, 1.165) is 17.1 Å². The SMILES string of the molecule is CCCSc1ccc(Br)nc1C(=O)SC. The van der Waals surface area contributed by atoms with Gasteiger partial charge in [0.05, 0.1) is 0 Å². The molecule has 82 valence electrons. The summed E-state index contributed by atoms with van der Waals surface area (Å²) in [4.78, 5) is 16.8. The van der Waals surface area contributed by atoms with Crippen molar-refractivity contribution in [2.75, 3.05) is 12.0 Å². The summed E-state index contributed by atoms with van der Waals surface area (Å²) in [5, 5.41) is 0.0231. The fourth-order valence-electron chi connectivity index (χ4n) is 0.994. The first-order chi connectivity index (χ1) is 7.19. The minimum Gasteiger partial charge on any atom is -0.280 e. The van der Waals surface area contributed by atoms with Crippen molar-refractivity contribution < 1.29 is 4.79 Å². The van der Waals surface area contributed by atoms with Crippen LogP contribution in [0.4, 0.5) is 0 Å². The number of rotatable bonds is 4. The topological polar surface area (TPSA) is 30.0 Å². The Labute approximate surface area is 107 Å². The van der Waals surface area contributed by atoms with Crippen molar-refractivity contribution in [1.82, 2.24) is 4.98 Å². The van der Waals surface area contributed by atoms with Crippen molar-refractivity contribution in [3.8, 4) is 0 Å². The number of thioether (sulfide) groups is 2. The lowest BCUT2D eigenvalue weighted by Gasteiger charge is -2.05. The van der Waals surface area contributed by atoms with Crippen molar-refractivity contribution in [3.05, 3.63) is 22.4 Å². The van der Waals surface area contributed by atoms with E-state index in [4.69, 9.17) is 0 Å². The third-order valence-electron chi connectivity index (χ3n) is 1.66. The summed E-state index contributed by atoms with van der Waals surface area (Å²) in [6.07, 6.45) is 2.87. The van der Waals surface area contributed by atoms with Crippen LogP contribution in [0, 0.1) is 0 Å².